The molecule has 1 unspecified atom stereocenters. The maximum atomic E-state index is 7.59. The first-order valence-electron chi connectivity index (χ1n) is 6.72. The molecule has 19 heavy (non-hydrogen) atoms. The lowest BCUT2D eigenvalue weighted by Crippen LogP contribution is -2.38. The first kappa shape index (κ1) is 13.8. The first-order valence-corrected chi connectivity index (χ1v) is 6.72. The third-order valence-electron chi connectivity index (χ3n) is 3.50. The number of aromatic nitrogens is 1. The fraction of sp³-hybridized carbons (Fsp3) is 0.571. The van der Waals surface area contributed by atoms with E-state index in [-0.39, 0.29) is 5.84 Å². The minimum Gasteiger partial charge on any atom is -0.384 e. The Labute approximate surface area is 114 Å². The van der Waals surface area contributed by atoms with Gasteiger partial charge in [-0.1, -0.05) is 0 Å². The van der Waals surface area contributed by atoms with Gasteiger partial charge in [-0.25, -0.2) is 4.98 Å². The Morgan fingerprint density at radius 3 is 2.89 bits per heavy atom. The molecular weight excluding hydrogens is 238 g/mol. The van der Waals surface area contributed by atoms with E-state index in [4.69, 9.17) is 11.1 Å². The lowest BCUT2D eigenvalue weighted by Gasteiger charge is -2.28. The number of nitrogen functional groups attached to an aromatic ring is 1. The van der Waals surface area contributed by atoms with Crippen LogP contribution in [0, 0.1) is 12.3 Å². The van der Waals surface area contributed by atoms with Crippen LogP contribution in [0.4, 0.5) is 5.82 Å². The normalized spacial score (nSPS) is 19.2. The van der Waals surface area contributed by atoms with E-state index in [1.54, 1.807) is 0 Å². The third kappa shape index (κ3) is 3.23. The highest BCUT2D eigenvalue weighted by Gasteiger charge is 2.26. The third-order valence-corrected chi connectivity index (χ3v) is 3.50. The molecule has 5 nitrogen and oxygen atoms in total. The second-order valence-electron chi connectivity index (χ2n) is 5.52. The minimum atomic E-state index is 0.107. The van der Waals surface area contributed by atoms with E-state index in [1.807, 2.05) is 19.1 Å². The van der Waals surface area contributed by atoms with E-state index < -0.39 is 0 Å². The van der Waals surface area contributed by atoms with Crippen LogP contribution in [0.3, 0.4) is 0 Å². The van der Waals surface area contributed by atoms with E-state index in [0.717, 1.165) is 30.2 Å². The zero-order valence-corrected chi connectivity index (χ0v) is 12.0. The monoisotopic (exact) mass is 261 g/mol. The lowest BCUT2D eigenvalue weighted by atomic mass is 10.2. The molecule has 1 aromatic rings. The van der Waals surface area contributed by atoms with E-state index in [0.29, 0.717) is 6.04 Å². The average Bonchev–Trinajstić information content (AvgIpc) is 2.75. The number of rotatable bonds is 4. The van der Waals surface area contributed by atoms with Crippen LogP contribution in [0.2, 0.25) is 0 Å². The number of nitrogens with two attached hydrogens (primary N) is 1. The highest BCUT2D eigenvalue weighted by atomic mass is 15.3. The van der Waals surface area contributed by atoms with Crippen molar-refractivity contribution in [3.05, 3.63) is 23.4 Å². The van der Waals surface area contributed by atoms with Gasteiger partial charge in [0, 0.05) is 30.4 Å². The molecule has 2 rings (SSSR count). The van der Waals surface area contributed by atoms with Crippen molar-refractivity contribution in [2.24, 2.45) is 5.73 Å². The number of amidine groups is 1. The highest BCUT2D eigenvalue weighted by Crippen LogP contribution is 2.25. The molecule has 1 aliphatic heterocycles. The summed E-state index contributed by atoms with van der Waals surface area (Å²) in [7, 11) is 4.20. The molecule has 0 aromatic carbocycles. The molecule has 3 N–H and O–H groups in total. The summed E-state index contributed by atoms with van der Waals surface area (Å²) < 4.78 is 0. The molecule has 0 bridgehead atoms. The lowest BCUT2D eigenvalue weighted by molar-refractivity contribution is 0.371. The van der Waals surface area contributed by atoms with E-state index in [9.17, 15) is 0 Å². The molecule has 0 radical (unpaired) electrons. The van der Waals surface area contributed by atoms with Crippen molar-refractivity contribution in [2.45, 2.75) is 25.8 Å². The van der Waals surface area contributed by atoms with Gasteiger partial charge < -0.3 is 15.5 Å². The van der Waals surface area contributed by atoms with Crippen LogP contribution in [0.1, 0.15) is 24.1 Å². The van der Waals surface area contributed by atoms with Crippen molar-refractivity contribution >= 4 is 11.7 Å². The quantitative estimate of drug-likeness (QED) is 0.631. The largest absolute Gasteiger partial charge is 0.384 e. The van der Waals surface area contributed by atoms with Crippen molar-refractivity contribution in [2.75, 3.05) is 32.1 Å². The molecular formula is C14H23N5. The van der Waals surface area contributed by atoms with Crippen molar-refractivity contribution in [1.29, 1.82) is 5.41 Å². The van der Waals surface area contributed by atoms with Crippen LogP contribution >= 0.6 is 0 Å². The number of pyridine rings is 1. The van der Waals surface area contributed by atoms with Gasteiger partial charge in [0.25, 0.3) is 0 Å². The molecule has 2 heterocycles. The second-order valence-corrected chi connectivity index (χ2v) is 5.52. The topological polar surface area (TPSA) is 69.2 Å². The Morgan fingerprint density at radius 2 is 2.26 bits per heavy atom. The Kier molecular flexibility index (Phi) is 4.04. The van der Waals surface area contributed by atoms with Crippen molar-refractivity contribution in [1.82, 2.24) is 9.88 Å². The summed E-state index contributed by atoms with van der Waals surface area (Å²) in [5.74, 6) is 1.06. The Balaban J connectivity index is 2.27. The molecule has 1 aromatic heterocycles. The number of likely N-dealkylation sites (N-methyl/N-ethyl adjacent to an activating group) is 1. The summed E-state index contributed by atoms with van der Waals surface area (Å²) in [5.41, 5.74) is 7.27. The molecule has 0 spiro atoms. The summed E-state index contributed by atoms with van der Waals surface area (Å²) in [4.78, 5) is 9.17. The molecule has 0 saturated carbocycles. The van der Waals surface area contributed by atoms with Gasteiger partial charge in [-0.3, -0.25) is 5.41 Å². The maximum absolute atomic E-state index is 7.59. The molecule has 5 heteroatoms. The van der Waals surface area contributed by atoms with Crippen molar-refractivity contribution < 1.29 is 0 Å². The SMILES string of the molecule is Cc1cc(C(=N)N)cc(N2CCCC2CN(C)C)n1. The predicted octanol–water partition coefficient (Wildman–Crippen LogP) is 1.20. The fourth-order valence-electron chi connectivity index (χ4n) is 2.70. The first-order chi connectivity index (χ1) is 8.97. The van der Waals surface area contributed by atoms with Gasteiger partial charge in [-0.2, -0.15) is 0 Å². The van der Waals surface area contributed by atoms with Gasteiger partial charge in [-0.05, 0) is 46.0 Å². The molecule has 0 amide bonds. The van der Waals surface area contributed by atoms with Crippen molar-refractivity contribution in [3.63, 3.8) is 0 Å². The van der Waals surface area contributed by atoms with Crippen LogP contribution < -0.4 is 10.6 Å². The summed E-state index contributed by atoms with van der Waals surface area (Å²) in [6.07, 6.45) is 2.40. The molecule has 1 atom stereocenters. The van der Waals surface area contributed by atoms with Crippen molar-refractivity contribution in [3.8, 4) is 0 Å². The standard InChI is InChI=1S/C14H23N5/c1-10-7-11(14(15)16)8-13(17-10)19-6-4-5-12(19)9-18(2)3/h7-8,12H,4-6,9H2,1-3H3,(H3,15,16). The second kappa shape index (κ2) is 5.57. The van der Waals surface area contributed by atoms with Gasteiger partial charge >= 0.3 is 0 Å². The number of hydrogen-bond donors (Lipinski definition) is 2. The number of nitrogens with zero attached hydrogens (tertiary/aromatic N) is 3. The van der Waals surface area contributed by atoms with Gasteiger partial charge in [0.2, 0.25) is 0 Å². The van der Waals surface area contributed by atoms with Gasteiger partial charge in [-0.15, -0.1) is 0 Å². The van der Waals surface area contributed by atoms with Gasteiger partial charge in [0.05, 0.1) is 0 Å². The van der Waals surface area contributed by atoms with Crippen LogP contribution in [0.5, 0.6) is 0 Å². The molecule has 0 aliphatic carbocycles. The van der Waals surface area contributed by atoms with Gasteiger partial charge in [0.1, 0.15) is 11.7 Å². The minimum absolute atomic E-state index is 0.107. The average molecular weight is 261 g/mol. The molecule has 1 saturated heterocycles. The molecule has 1 aliphatic rings. The van der Waals surface area contributed by atoms with Crippen LogP contribution in [-0.2, 0) is 0 Å². The van der Waals surface area contributed by atoms with Crippen LogP contribution in [0.25, 0.3) is 0 Å². The van der Waals surface area contributed by atoms with Gasteiger partial charge in [0.15, 0.2) is 0 Å². The zero-order valence-electron chi connectivity index (χ0n) is 12.0. The van der Waals surface area contributed by atoms with E-state index >= 15 is 0 Å². The van der Waals surface area contributed by atoms with Crippen LogP contribution in [0.15, 0.2) is 12.1 Å². The Morgan fingerprint density at radius 1 is 1.53 bits per heavy atom. The fourth-order valence-corrected chi connectivity index (χ4v) is 2.70. The Hall–Kier alpha value is -1.62. The predicted molar refractivity (Wildman–Crippen MR) is 78.9 cm³/mol. The summed E-state index contributed by atoms with van der Waals surface area (Å²) in [6, 6.07) is 4.30. The number of anilines is 1. The number of aryl methyl sites for hydroxylation is 1. The summed E-state index contributed by atoms with van der Waals surface area (Å²) in [6.45, 7) is 4.02. The Bertz CT molecular complexity index is 469. The van der Waals surface area contributed by atoms with Crippen LogP contribution in [-0.4, -0.2) is 48.9 Å². The summed E-state index contributed by atoms with van der Waals surface area (Å²) in [5, 5.41) is 7.59. The maximum Gasteiger partial charge on any atom is 0.129 e. The molecule has 1 fully saturated rings. The van der Waals surface area contributed by atoms with E-state index in [2.05, 4.69) is 28.9 Å². The smallest absolute Gasteiger partial charge is 0.129 e. The van der Waals surface area contributed by atoms with E-state index in [1.165, 1.54) is 12.8 Å². The highest BCUT2D eigenvalue weighted by molar-refractivity contribution is 5.95. The number of hydrogen-bond acceptors (Lipinski definition) is 4. The zero-order chi connectivity index (χ0) is 14.0. The summed E-state index contributed by atoms with van der Waals surface area (Å²) >= 11 is 0. The number of nitrogens with one attached hydrogen (secondary N) is 1. The molecule has 104 valence electrons.